The van der Waals surface area contributed by atoms with Crippen LogP contribution in [0.4, 0.5) is 0 Å². The van der Waals surface area contributed by atoms with E-state index < -0.39 is 62.8 Å². The summed E-state index contributed by atoms with van der Waals surface area (Å²) in [5, 5.41) is 34.3. The fraction of sp³-hybridized carbons (Fsp3) is 0.815. The van der Waals surface area contributed by atoms with Gasteiger partial charge in [0.25, 0.3) is 5.56 Å². The van der Waals surface area contributed by atoms with E-state index >= 15 is 0 Å². The minimum absolute atomic E-state index is 0.0573. The lowest BCUT2D eigenvalue weighted by atomic mass is 9.96. The van der Waals surface area contributed by atoms with Gasteiger partial charge in [0.15, 0.2) is 11.0 Å². The number of unbranched alkanes of at least 4 members (excludes halogenated alkanes) is 10. The Morgan fingerprint density at radius 1 is 1.17 bits per heavy atom. The van der Waals surface area contributed by atoms with Crippen LogP contribution in [0.3, 0.4) is 0 Å². The Bertz CT molecular complexity index is 1100. The third kappa shape index (κ3) is 11.9. The van der Waals surface area contributed by atoms with Gasteiger partial charge in [-0.15, -0.1) is 0 Å². The van der Waals surface area contributed by atoms with Crippen LogP contribution < -0.4 is 10.9 Å². The Kier molecular flexibility index (Phi) is 16.0. The average molecular weight is 638 g/mol. The molecule has 0 radical (unpaired) electrons. The molecule has 0 bridgehead atoms. The van der Waals surface area contributed by atoms with Crippen LogP contribution in [-0.2, 0) is 23.1 Å². The summed E-state index contributed by atoms with van der Waals surface area (Å²) in [7, 11) is -4.71. The molecule has 2 heterocycles. The number of hydrogen-bond donors (Lipinski definition) is 6. The second-order valence-electron chi connectivity index (χ2n) is 11.1. The Morgan fingerprint density at radius 3 is 2.33 bits per heavy atom. The summed E-state index contributed by atoms with van der Waals surface area (Å²) in [5.41, 5.74) is -2.35. The highest BCUT2D eigenvalue weighted by Gasteiger charge is 2.53. The number of carbonyl (C=O) groups is 1. The molecule has 1 aromatic rings. The first kappa shape index (κ1) is 36.7. The lowest BCUT2D eigenvalue weighted by molar-refractivity contribution is -0.111. The van der Waals surface area contributed by atoms with E-state index in [0.717, 1.165) is 31.7 Å². The van der Waals surface area contributed by atoms with Crippen molar-refractivity contribution in [3.8, 4) is 0 Å². The molecule has 4 unspecified atom stereocenters. The largest absolute Gasteiger partial charge is 0.472 e. The van der Waals surface area contributed by atoms with E-state index in [1.165, 1.54) is 62.6 Å². The van der Waals surface area contributed by atoms with E-state index in [2.05, 4.69) is 17.2 Å². The summed E-state index contributed by atoms with van der Waals surface area (Å²) in [6.45, 7) is 2.37. The molecule has 1 amide bonds. The fourth-order valence-corrected chi connectivity index (χ4v) is 5.96. The van der Waals surface area contributed by atoms with Crippen molar-refractivity contribution in [1.29, 1.82) is 0 Å². The predicted octanol–water partition coefficient (Wildman–Crippen LogP) is 3.23. The van der Waals surface area contributed by atoms with Gasteiger partial charge in [0.1, 0.15) is 17.8 Å². The third-order valence-corrected chi connectivity index (χ3v) is 8.79. The molecule has 1 aromatic heterocycles. The van der Waals surface area contributed by atoms with Crippen molar-refractivity contribution in [2.24, 2.45) is 0 Å². The SMILES string of the molecule is CCCCCCCCCCCCCC(O)C(COP(=O)(O)OC[C@H]1O[C@@H](n2ccc(=O)[nH]c2=S)C(C)(O)[C@H]1O)NC=O. The second kappa shape index (κ2) is 18.4. The quantitative estimate of drug-likeness (QED) is 0.0473. The highest BCUT2D eigenvalue weighted by atomic mass is 32.1. The first-order chi connectivity index (χ1) is 19.9. The number of nitrogens with zero attached hydrogens (tertiary/aromatic N) is 1. The van der Waals surface area contributed by atoms with Crippen LogP contribution in [0.15, 0.2) is 17.1 Å². The molecular formula is C27H48N3O10PS. The van der Waals surface area contributed by atoms with Crippen molar-refractivity contribution in [2.45, 2.75) is 127 Å². The van der Waals surface area contributed by atoms with Gasteiger partial charge in [-0.25, -0.2) is 4.57 Å². The van der Waals surface area contributed by atoms with Gasteiger partial charge in [0, 0.05) is 12.3 Å². The molecular weight excluding hydrogens is 589 g/mol. The van der Waals surface area contributed by atoms with Crippen molar-refractivity contribution < 1.29 is 43.4 Å². The second-order valence-corrected chi connectivity index (χ2v) is 12.9. The summed E-state index contributed by atoms with van der Waals surface area (Å²) < 4.78 is 29.4. The minimum Gasteiger partial charge on any atom is -0.391 e. The number of carbonyl (C=O) groups excluding carboxylic acids is 1. The third-order valence-electron chi connectivity index (χ3n) is 7.53. The van der Waals surface area contributed by atoms with Crippen LogP contribution in [0.5, 0.6) is 0 Å². The number of ether oxygens (including phenoxy) is 1. The Hall–Kier alpha value is -1.48. The molecule has 1 aliphatic heterocycles. The Labute approximate surface area is 252 Å². The Balaban J connectivity index is 1.76. The number of aliphatic hydroxyl groups is 3. The topological polar surface area (TPSA) is 193 Å². The number of aromatic amines is 1. The Morgan fingerprint density at radius 2 is 1.76 bits per heavy atom. The molecule has 1 saturated heterocycles. The van der Waals surface area contributed by atoms with Crippen molar-refractivity contribution >= 4 is 26.5 Å². The van der Waals surface area contributed by atoms with E-state index in [-0.39, 0.29) is 4.77 Å². The van der Waals surface area contributed by atoms with Gasteiger partial charge in [-0.1, -0.05) is 77.6 Å². The number of rotatable bonds is 22. The first-order valence-corrected chi connectivity index (χ1v) is 16.7. The smallest absolute Gasteiger partial charge is 0.391 e. The van der Waals surface area contributed by atoms with Crippen molar-refractivity contribution in [3.05, 3.63) is 27.4 Å². The predicted molar refractivity (Wildman–Crippen MR) is 158 cm³/mol. The number of nitrogens with one attached hydrogen (secondary N) is 2. The molecule has 42 heavy (non-hydrogen) atoms. The maximum atomic E-state index is 12.5. The minimum atomic E-state index is -4.71. The molecule has 1 fully saturated rings. The molecule has 0 saturated carbocycles. The lowest BCUT2D eigenvalue weighted by Gasteiger charge is -2.28. The van der Waals surface area contributed by atoms with E-state index in [1.807, 2.05) is 0 Å². The van der Waals surface area contributed by atoms with Crippen LogP contribution in [0.2, 0.25) is 0 Å². The van der Waals surface area contributed by atoms with E-state index in [0.29, 0.717) is 12.8 Å². The molecule has 6 N–H and O–H groups in total. The number of aliphatic hydroxyl groups excluding tert-OH is 2. The molecule has 1 aliphatic rings. The highest BCUT2D eigenvalue weighted by Crippen LogP contribution is 2.46. The number of phosphoric ester groups is 1. The maximum absolute atomic E-state index is 12.5. The van der Waals surface area contributed by atoms with Gasteiger partial charge in [-0.3, -0.25) is 28.2 Å². The molecule has 2 rings (SSSR count). The number of H-pyrrole nitrogens is 1. The zero-order chi connectivity index (χ0) is 31.2. The van der Waals surface area contributed by atoms with Gasteiger partial charge in [0.05, 0.1) is 25.4 Å². The van der Waals surface area contributed by atoms with E-state index in [1.54, 1.807) is 0 Å². The standard InChI is InChI=1S/C27H48N3O10PS/c1-3-4-5-6-7-8-9-10-11-12-13-14-21(32)20(28-19-31)17-38-41(36,37)39-18-22-24(34)27(2,35)25(40-22)30-16-15-23(33)29-26(30)42/h15-16,19-22,24-25,32,34-35H,3-14,17-18H2,1-2H3,(H,28,31)(H,36,37)(H,29,33,42)/t20?,21?,22-,24+,25-,27?/m1/s1. The lowest BCUT2D eigenvalue weighted by Crippen LogP contribution is -2.44. The van der Waals surface area contributed by atoms with Gasteiger partial charge in [-0.05, 0) is 25.6 Å². The van der Waals surface area contributed by atoms with Crippen LogP contribution in [-0.4, -0.2) is 79.3 Å². The summed E-state index contributed by atoms with van der Waals surface area (Å²) in [6.07, 6.45) is 9.78. The monoisotopic (exact) mass is 637 g/mol. The number of aromatic nitrogens is 2. The van der Waals surface area contributed by atoms with Gasteiger partial charge >= 0.3 is 7.82 Å². The zero-order valence-electron chi connectivity index (χ0n) is 24.6. The van der Waals surface area contributed by atoms with Crippen molar-refractivity contribution in [3.63, 3.8) is 0 Å². The average Bonchev–Trinajstić information content (AvgIpc) is 3.16. The summed E-state index contributed by atoms with van der Waals surface area (Å²) in [4.78, 5) is 35.1. The van der Waals surface area contributed by atoms with Crippen LogP contribution >= 0.6 is 20.0 Å². The number of phosphoric acid groups is 1. The van der Waals surface area contributed by atoms with Crippen LogP contribution in [0.25, 0.3) is 0 Å². The van der Waals surface area contributed by atoms with Gasteiger partial charge in [0.2, 0.25) is 6.41 Å². The number of amides is 1. The van der Waals surface area contributed by atoms with Crippen LogP contribution in [0.1, 0.15) is 97.1 Å². The fourth-order valence-electron chi connectivity index (χ4n) is 4.95. The molecule has 0 spiro atoms. The maximum Gasteiger partial charge on any atom is 0.472 e. The van der Waals surface area contributed by atoms with Crippen LogP contribution in [0, 0.1) is 4.77 Å². The molecule has 0 aliphatic carbocycles. The van der Waals surface area contributed by atoms with E-state index in [4.69, 9.17) is 26.0 Å². The molecule has 7 atom stereocenters. The molecule has 15 heteroatoms. The molecule has 242 valence electrons. The highest BCUT2D eigenvalue weighted by molar-refractivity contribution is 7.71. The summed E-state index contributed by atoms with van der Waals surface area (Å²) in [6, 6.07) is 0.228. The molecule has 0 aromatic carbocycles. The van der Waals surface area contributed by atoms with Gasteiger partial charge in [-0.2, -0.15) is 0 Å². The van der Waals surface area contributed by atoms with Crippen molar-refractivity contribution in [2.75, 3.05) is 13.2 Å². The van der Waals surface area contributed by atoms with Crippen molar-refractivity contribution in [1.82, 2.24) is 14.9 Å². The molecule has 13 nitrogen and oxygen atoms in total. The first-order valence-electron chi connectivity index (χ1n) is 14.8. The number of hydrogen-bond acceptors (Lipinski definition) is 10. The zero-order valence-corrected chi connectivity index (χ0v) is 26.3. The van der Waals surface area contributed by atoms with E-state index in [9.17, 15) is 34.4 Å². The van der Waals surface area contributed by atoms with Gasteiger partial charge < -0.3 is 30.3 Å². The summed E-state index contributed by atoms with van der Waals surface area (Å²) in [5.74, 6) is 0. The normalized spacial score (nSPS) is 25.1. The summed E-state index contributed by atoms with van der Waals surface area (Å²) >= 11 is 5.10.